The third-order valence-electron chi connectivity index (χ3n) is 5.11. The molecular weight excluding hydrogens is 408 g/mol. The van der Waals surface area contributed by atoms with Crippen molar-refractivity contribution in [3.8, 4) is 11.6 Å². The number of hydrogen-bond donors (Lipinski definition) is 1. The smallest absolute Gasteiger partial charge is 0.237 e. The van der Waals surface area contributed by atoms with E-state index in [9.17, 15) is 4.79 Å². The normalized spacial score (nSPS) is 15.9. The number of rotatable bonds is 6. The van der Waals surface area contributed by atoms with Crippen LogP contribution in [0.5, 0.6) is 0 Å². The second-order valence-corrected chi connectivity index (χ2v) is 8.95. The molecule has 1 atom stereocenters. The van der Waals surface area contributed by atoms with Gasteiger partial charge in [0.15, 0.2) is 10.9 Å². The van der Waals surface area contributed by atoms with Crippen molar-refractivity contribution in [3.05, 3.63) is 47.7 Å². The first-order chi connectivity index (χ1) is 14.1. The van der Waals surface area contributed by atoms with Crippen LogP contribution in [0.2, 0.25) is 5.02 Å². The molecule has 0 spiro atoms. The summed E-state index contributed by atoms with van der Waals surface area (Å²) in [7, 11) is 0. The molecule has 0 saturated heterocycles. The van der Waals surface area contributed by atoms with Crippen molar-refractivity contribution in [2.24, 2.45) is 0 Å². The van der Waals surface area contributed by atoms with Gasteiger partial charge in [-0.2, -0.15) is 0 Å². The fraction of sp³-hybridized carbons (Fsp3) is 0.381. The number of halogens is 1. The number of hydrogen-bond acceptors (Lipinski definition) is 5. The molecular formula is C21H23ClN4O2S. The quantitative estimate of drug-likeness (QED) is 0.499. The molecule has 0 aliphatic heterocycles. The zero-order chi connectivity index (χ0) is 20.2. The number of benzene rings is 1. The van der Waals surface area contributed by atoms with Crippen LogP contribution >= 0.6 is 23.4 Å². The molecule has 8 heteroatoms. The van der Waals surface area contributed by atoms with Gasteiger partial charge in [0.25, 0.3) is 0 Å². The maximum atomic E-state index is 12.7. The molecule has 1 aliphatic rings. The summed E-state index contributed by atoms with van der Waals surface area (Å²) in [5, 5.41) is 12.8. The van der Waals surface area contributed by atoms with E-state index < -0.39 is 0 Å². The monoisotopic (exact) mass is 430 g/mol. The summed E-state index contributed by atoms with van der Waals surface area (Å²) in [6.45, 7) is 1.88. The Morgan fingerprint density at radius 2 is 1.97 bits per heavy atom. The van der Waals surface area contributed by atoms with Gasteiger partial charge < -0.3 is 9.73 Å². The van der Waals surface area contributed by atoms with Crippen molar-refractivity contribution in [1.82, 2.24) is 14.8 Å². The van der Waals surface area contributed by atoms with Crippen LogP contribution in [0.4, 0.5) is 5.69 Å². The van der Waals surface area contributed by atoms with E-state index in [1.54, 1.807) is 30.5 Å². The number of nitrogens with zero attached hydrogens (tertiary/aromatic N) is 3. The van der Waals surface area contributed by atoms with E-state index in [1.165, 1.54) is 31.0 Å². The van der Waals surface area contributed by atoms with Gasteiger partial charge in [0, 0.05) is 16.8 Å². The minimum Gasteiger partial charge on any atom is -0.461 e. The van der Waals surface area contributed by atoms with E-state index in [4.69, 9.17) is 16.0 Å². The molecule has 1 N–H and O–H groups in total. The zero-order valence-electron chi connectivity index (χ0n) is 16.2. The highest BCUT2D eigenvalue weighted by atomic mass is 35.5. The van der Waals surface area contributed by atoms with Crippen LogP contribution < -0.4 is 5.32 Å². The molecule has 1 amide bonds. The van der Waals surface area contributed by atoms with Gasteiger partial charge in [-0.25, -0.2) is 0 Å². The Kier molecular flexibility index (Phi) is 6.25. The molecule has 152 valence electrons. The molecule has 1 saturated carbocycles. The number of aromatic nitrogens is 3. The van der Waals surface area contributed by atoms with Crippen LogP contribution in [0, 0.1) is 0 Å². The summed E-state index contributed by atoms with van der Waals surface area (Å²) >= 11 is 7.33. The SMILES string of the molecule is CC(Sc1nnc(-c2ccco2)n1C1CCCCC1)C(=O)Nc1ccc(Cl)cc1. The van der Waals surface area contributed by atoms with Crippen molar-refractivity contribution in [3.63, 3.8) is 0 Å². The Morgan fingerprint density at radius 3 is 2.66 bits per heavy atom. The van der Waals surface area contributed by atoms with Crippen LogP contribution in [0.1, 0.15) is 45.1 Å². The van der Waals surface area contributed by atoms with Crippen LogP contribution in [0.15, 0.2) is 52.2 Å². The number of carbonyl (C=O) groups excluding carboxylic acids is 1. The Balaban J connectivity index is 1.54. The lowest BCUT2D eigenvalue weighted by molar-refractivity contribution is -0.115. The predicted octanol–water partition coefficient (Wildman–Crippen LogP) is 5.82. The van der Waals surface area contributed by atoms with Crippen molar-refractivity contribution < 1.29 is 9.21 Å². The third kappa shape index (κ3) is 4.67. The maximum absolute atomic E-state index is 12.7. The highest BCUT2D eigenvalue weighted by Crippen LogP contribution is 2.36. The number of furan rings is 1. The van der Waals surface area contributed by atoms with Gasteiger partial charge in [-0.15, -0.1) is 10.2 Å². The largest absolute Gasteiger partial charge is 0.461 e. The standard InChI is InChI=1S/C21H23ClN4O2S/c1-14(20(27)23-16-11-9-15(22)10-12-16)29-21-25-24-19(18-8-5-13-28-18)26(21)17-6-3-2-4-7-17/h5,8-14,17H,2-4,6-7H2,1H3,(H,23,27). The first kappa shape index (κ1) is 20.0. The summed E-state index contributed by atoms with van der Waals surface area (Å²) in [6, 6.07) is 11.2. The lowest BCUT2D eigenvalue weighted by Crippen LogP contribution is -2.23. The molecule has 4 rings (SSSR count). The van der Waals surface area contributed by atoms with Gasteiger partial charge in [0.2, 0.25) is 11.7 Å². The van der Waals surface area contributed by atoms with E-state index >= 15 is 0 Å². The van der Waals surface area contributed by atoms with Gasteiger partial charge in [0.1, 0.15) is 0 Å². The Morgan fingerprint density at radius 1 is 1.21 bits per heavy atom. The van der Waals surface area contributed by atoms with E-state index in [2.05, 4.69) is 20.1 Å². The first-order valence-electron chi connectivity index (χ1n) is 9.83. The Labute approximate surface area is 179 Å². The highest BCUT2D eigenvalue weighted by Gasteiger charge is 2.27. The minimum atomic E-state index is -0.332. The van der Waals surface area contributed by atoms with E-state index in [1.807, 2.05) is 19.1 Å². The minimum absolute atomic E-state index is 0.0879. The molecule has 29 heavy (non-hydrogen) atoms. The Bertz CT molecular complexity index is 950. The van der Waals surface area contributed by atoms with Crippen LogP contribution in [-0.4, -0.2) is 25.9 Å². The summed E-state index contributed by atoms with van der Waals surface area (Å²) in [5.41, 5.74) is 0.719. The number of nitrogens with one attached hydrogen (secondary N) is 1. The van der Waals surface area contributed by atoms with Gasteiger partial charge in [-0.05, 0) is 56.2 Å². The van der Waals surface area contributed by atoms with E-state index in [-0.39, 0.29) is 11.2 Å². The van der Waals surface area contributed by atoms with Crippen LogP contribution in [-0.2, 0) is 4.79 Å². The fourth-order valence-corrected chi connectivity index (χ4v) is 4.63. The summed E-state index contributed by atoms with van der Waals surface area (Å²) < 4.78 is 7.74. The van der Waals surface area contributed by atoms with E-state index in [0.717, 1.165) is 29.5 Å². The van der Waals surface area contributed by atoms with Gasteiger partial charge in [-0.3, -0.25) is 9.36 Å². The van der Waals surface area contributed by atoms with Gasteiger partial charge in [0.05, 0.1) is 11.5 Å². The van der Waals surface area contributed by atoms with Crippen molar-refractivity contribution >= 4 is 35.0 Å². The second-order valence-electron chi connectivity index (χ2n) is 7.20. The summed E-state index contributed by atoms with van der Waals surface area (Å²) in [6.07, 6.45) is 7.46. The summed E-state index contributed by atoms with van der Waals surface area (Å²) in [5.74, 6) is 1.35. The Hall–Kier alpha value is -2.25. The lowest BCUT2D eigenvalue weighted by Gasteiger charge is -2.25. The van der Waals surface area contributed by atoms with Crippen molar-refractivity contribution in [2.45, 2.75) is 55.5 Å². The topological polar surface area (TPSA) is 73.0 Å². The predicted molar refractivity (Wildman–Crippen MR) is 115 cm³/mol. The molecule has 0 radical (unpaired) electrons. The van der Waals surface area contributed by atoms with Crippen LogP contribution in [0.25, 0.3) is 11.6 Å². The molecule has 2 aromatic heterocycles. The van der Waals surface area contributed by atoms with Crippen molar-refractivity contribution in [2.75, 3.05) is 5.32 Å². The van der Waals surface area contributed by atoms with Crippen molar-refractivity contribution in [1.29, 1.82) is 0 Å². The van der Waals surface area contributed by atoms with Gasteiger partial charge >= 0.3 is 0 Å². The number of amides is 1. The molecule has 6 nitrogen and oxygen atoms in total. The van der Waals surface area contributed by atoms with Crippen LogP contribution in [0.3, 0.4) is 0 Å². The number of anilines is 1. The average molecular weight is 431 g/mol. The molecule has 1 fully saturated rings. The molecule has 1 aromatic carbocycles. The fourth-order valence-electron chi connectivity index (χ4n) is 3.59. The molecule has 2 heterocycles. The second kappa shape index (κ2) is 9.05. The number of thioether (sulfide) groups is 1. The average Bonchev–Trinajstić information content (AvgIpc) is 3.40. The van der Waals surface area contributed by atoms with Gasteiger partial charge in [-0.1, -0.05) is 42.6 Å². The zero-order valence-corrected chi connectivity index (χ0v) is 17.7. The number of carbonyl (C=O) groups is 1. The summed E-state index contributed by atoms with van der Waals surface area (Å²) in [4.78, 5) is 12.7. The first-order valence-corrected chi connectivity index (χ1v) is 11.1. The molecule has 1 aliphatic carbocycles. The highest BCUT2D eigenvalue weighted by molar-refractivity contribution is 8.00. The lowest BCUT2D eigenvalue weighted by atomic mass is 9.95. The molecule has 0 bridgehead atoms. The van der Waals surface area contributed by atoms with E-state index in [0.29, 0.717) is 16.8 Å². The molecule has 3 aromatic rings. The molecule has 1 unspecified atom stereocenters. The third-order valence-corrected chi connectivity index (χ3v) is 6.42. The maximum Gasteiger partial charge on any atom is 0.237 e.